The minimum absolute atomic E-state index is 0. The predicted octanol–water partition coefficient (Wildman–Crippen LogP) is -1.71. The molecule has 0 radical (unpaired) electrons. The summed E-state index contributed by atoms with van der Waals surface area (Å²) in [6, 6.07) is 0. The minimum Gasteiger partial charge on any atom is -0.726 e. The summed E-state index contributed by atoms with van der Waals surface area (Å²) >= 11 is 0. The second kappa shape index (κ2) is 7.20. The summed E-state index contributed by atoms with van der Waals surface area (Å²) in [6.45, 7) is 5.63. The molecule has 0 aliphatic rings. The third-order valence-electron chi connectivity index (χ3n) is 1.43. The molecule has 0 aromatic carbocycles. The van der Waals surface area contributed by atoms with Crippen molar-refractivity contribution in [3.8, 4) is 0 Å². The molecule has 0 spiro atoms. The zero-order valence-electron chi connectivity index (χ0n) is 8.61. The first-order valence-corrected chi connectivity index (χ1v) is 5.28. The Kier molecular flexibility index (Phi) is 9.03. The van der Waals surface area contributed by atoms with E-state index in [1.807, 2.05) is 13.8 Å². The van der Waals surface area contributed by atoms with Gasteiger partial charge in [-0.25, -0.2) is 8.42 Å². The van der Waals surface area contributed by atoms with Crippen LogP contribution in [-0.2, 0) is 14.6 Å². The van der Waals surface area contributed by atoms with Gasteiger partial charge in [-0.15, -0.1) is 0 Å². The van der Waals surface area contributed by atoms with Gasteiger partial charge in [0.05, 0.1) is 6.10 Å². The molecule has 0 aliphatic carbocycles. The van der Waals surface area contributed by atoms with Crippen molar-refractivity contribution in [3.63, 3.8) is 0 Å². The summed E-state index contributed by atoms with van der Waals surface area (Å²) < 4.78 is 34.5. The van der Waals surface area contributed by atoms with Gasteiger partial charge in [0.1, 0.15) is 0 Å². The van der Waals surface area contributed by atoms with E-state index in [9.17, 15) is 13.0 Å². The first-order valence-electron chi connectivity index (χ1n) is 3.95. The van der Waals surface area contributed by atoms with Gasteiger partial charge in [-0.2, -0.15) is 0 Å². The van der Waals surface area contributed by atoms with E-state index in [0.29, 0.717) is 12.3 Å². The largest absolute Gasteiger partial charge is 1.00 e. The molecule has 0 fully saturated rings. The van der Waals surface area contributed by atoms with Crippen molar-refractivity contribution in [2.45, 2.75) is 39.7 Å². The average molecular weight is 218 g/mol. The van der Waals surface area contributed by atoms with E-state index in [0.717, 1.165) is 6.42 Å². The standard InChI is InChI=1S/C7H16O4S.Na/c1-6(2)4-5-7(3)11-12(8,9)10;/h6-7H,4-5H2,1-3H3,(H,8,9,10);/q;+1/p-1/t7-;/m1./s1. The Morgan fingerprint density at radius 3 is 2.00 bits per heavy atom. The Bertz CT molecular complexity index is 213. The maximum absolute atomic E-state index is 10.1. The van der Waals surface area contributed by atoms with E-state index >= 15 is 0 Å². The van der Waals surface area contributed by atoms with Gasteiger partial charge in [0.2, 0.25) is 10.4 Å². The Morgan fingerprint density at radius 1 is 1.23 bits per heavy atom. The fourth-order valence-electron chi connectivity index (χ4n) is 0.817. The minimum atomic E-state index is -4.52. The van der Waals surface area contributed by atoms with E-state index in [4.69, 9.17) is 0 Å². The molecule has 0 amide bonds. The van der Waals surface area contributed by atoms with Crippen LogP contribution in [-0.4, -0.2) is 19.1 Å². The number of hydrogen-bond donors (Lipinski definition) is 0. The van der Waals surface area contributed by atoms with Gasteiger partial charge >= 0.3 is 29.6 Å². The van der Waals surface area contributed by atoms with Crippen molar-refractivity contribution in [1.82, 2.24) is 0 Å². The van der Waals surface area contributed by atoms with Crippen LogP contribution in [0.5, 0.6) is 0 Å². The Labute approximate surface area is 102 Å². The van der Waals surface area contributed by atoms with Crippen LogP contribution in [0.25, 0.3) is 0 Å². The van der Waals surface area contributed by atoms with Crippen LogP contribution in [0.15, 0.2) is 0 Å². The SMILES string of the molecule is CC(C)CC[C@@H](C)OS(=O)(=O)[O-].[Na+]. The third-order valence-corrected chi connectivity index (χ3v) is 2.00. The maximum atomic E-state index is 10.1. The molecule has 6 heteroatoms. The summed E-state index contributed by atoms with van der Waals surface area (Å²) in [5.74, 6) is 0.491. The molecule has 13 heavy (non-hydrogen) atoms. The summed E-state index contributed by atoms with van der Waals surface area (Å²) in [5, 5.41) is 0. The van der Waals surface area contributed by atoms with Crippen LogP contribution in [0.2, 0.25) is 0 Å². The maximum Gasteiger partial charge on any atom is 1.00 e. The molecule has 1 atom stereocenters. The quantitative estimate of drug-likeness (QED) is 0.313. The van der Waals surface area contributed by atoms with Crippen LogP contribution < -0.4 is 29.6 Å². The molecular formula is C7H15NaO4S. The Balaban J connectivity index is 0. The normalized spacial score (nSPS) is 13.9. The monoisotopic (exact) mass is 218 g/mol. The van der Waals surface area contributed by atoms with Gasteiger partial charge in [0, 0.05) is 0 Å². The van der Waals surface area contributed by atoms with Crippen molar-refractivity contribution < 1.29 is 46.7 Å². The molecule has 0 aromatic rings. The van der Waals surface area contributed by atoms with E-state index < -0.39 is 16.5 Å². The predicted molar refractivity (Wildman–Crippen MR) is 44.3 cm³/mol. The van der Waals surface area contributed by atoms with Crippen LogP contribution in [0.4, 0.5) is 0 Å². The number of hydrogen-bond acceptors (Lipinski definition) is 4. The van der Waals surface area contributed by atoms with Crippen molar-refractivity contribution in [2.75, 3.05) is 0 Å². The van der Waals surface area contributed by atoms with Crippen LogP contribution in [0, 0.1) is 5.92 Å². The first kappa shape index (κ1) is 16.3. The van der Waals surface area contributed by atoms with Gasteiger partial charge in [0.15, 0.2) is 0 Å². The summed E-state index contributed by atoms with van der Waals surface area (Å²) in [7, 11) is -4.52. The molecule has 0 saturated heterocycles. The molecule has 0 unspecified atom stereocenters. The summed E-state index contributed by atoms with van der Waals surface area (Å²) in [4.78, 5) is 0. The smallest absolute Gasteiger partial charge is 0.726 e. The second-order valence-electron chi connectivity index (χ2n) is 3.29. The molecule has 0 N–H and O–H groups in total. The van der Waals surface area contributed by atoms with Gasteiger partial charge in [-0.1, -0.05) is 13.8 Å². The zero-order chi connectivity index (χ0) is 9.78. The van der Waals surface area contributed by atoms with Gasteiger partial charge in [0.25, 0.3) is 0 Å². The van der Waals surface area contributed by atoms with Crippen molar-refractivity contribution in [3.05, 3.63) is 0 Å². The second-order valence-corrected chi connectivity index (χ2v) is 4.30. The van der Waals surface area contributed by atoms with Crippen LogP contribution >= 0.6 is 0 Å². The van der Waals surface area contributed by atoms with Crippen molar-refractivity contribution in [1.29, 1.82) is 0 Å². The molecule has 0 rings (SSSR count). The Hall–Kier alpha value is 0.870. The summed E-state index contributed by atoms with van der Waals surface area (Å²) in [6.07, 6.45) is 0.949. The van der Waals surface area contributed by atoms with Crippen LogP contribution in [0.3, 0.4) is 0 Å². The Morgan fingerprint density at radius 2 is 1.69 bits per heavy atom. The molecule has 0 aromatic heterocycles. The zero-order valence-corrected chi connectivity index (χ0v) is 11.4. The van der Waals surface area contributed by atoms with E-state index in [2.05, 4.69) is 4.18 Å². The molecule has 0 aliphatic heterocycles. The van der Waals surface area contributed by atoms with Crippen molar-refractivity contribution in [2.24, 2.45) is 5.92 Å². The average Bonchev–Trinajstić information content (AvgIpc) is 1.79. The molecule has 0 bridgehead atoms. The van der Waals surface area contributed by atoms with E-state index in [-0.39, 0.29) is 29.6 Å². The van der Waals surface area contributed by atoms with E-state index in [1.165, 1.54) is 0 Å². The first-order chi connectivity index (χ1) is 5.31. The molecule has 0 saturated carbocycles. The molecule has 0 heterocycles. The third kappa shape index (κ3) is 12.9. The number of rotatable bonds is 5. The topological polar surface area (TPSA) is 66.4 Å². The fourth-order valence-corrected chi connectivity index (χ4v) is 1.32. The van der Waals surface area contributed by atoms with Crippen LogP contribution in [0.1, 0.15) is 33.6 Å². The summed E-state index contributed by atoms with van der Waals surface area (Å²) in [5.41, 5.74) is 0. The van der Waals surface area contributed by atoms with Gasteiger partial charge in [-0.3, -0.25) is 4.18 Å². The van der Waals surface area contributed by atoms with Crippen molar-refractivity contribution >= 4 is 10.4 Å². The molecule has 4 nitrogen and oxygen atoms in total. The van der Waals surface area contributed by atoms with E-state index in [1.54, 1.807) is 6.92 Å². The molecule has 74 valence electrons. The molecular weight excluding hydrogens is 203 g/mol. The van der Waals surface area contributed by atoms with Gasteiger partial charge < -0.3 is 4.55 Å². The fraction of sp³-hybridized carbons (Fsp3) is 1.00. The van der Waals surface area contributed by atoms with Gasteiger partial charge in [-0.05, 0) is 25.7 Å².